The molecule has 2 fully saturated rings. The van der Waals surface area contributed by atoms with Gasteiger partial charge >= 0.3 is 0 Å². The highest BCUT2D eigenvalue weighted by molar-refractivity contribution is 5.79. The summed E-state index contributed by atoms with van der Waals surface area (Å²) in [4.78, 5) is 34.5. The lowest BCUT2D eigenvalue weighted by molar-refractivity contribution is -0.129. The number of nitrogens with zero attached hydrogens (tertiary/aromatic N) is 7. The Balaban J connectivity index is 1.29. The van der Waals surface area contributed by atoms with Gasteiger partial charge in [0.1, 0.15) is 11.6 Å². The second-order valence-electron chi connectivity index (χ2n) is 9.57. The van der Waals surface area contributed by atoms with E-state index in [4.69, 9.17) is 14.7 Å². The number of rotatable bonds is 7. The van der Waals surface area contributed by atoms with Crippen LogP contribution in [0, 0.1) is 0 Å². The molecular weight excluding hydrogens is 506 g/mol. The lowest BCUT2D eigenvalue weighted by atomic mass is 10.2. The summed E-state index contributed by atoms with van der Waals surface area (Å²) in [7, 11) is 0. The number of hydrogen-bond acceptors (Lipinski definition) is 8. The lowest BCUT2D eigenvalue weighted by Gasteiger charge is -2.28. The van der Waals surface area contributed by atoms with Crippen LogP contribution in [0.1, 0.15) is 24.4 Å². The number of nitrogens with one attached hydrogen (secondary N) is 1. The first-order valence-corrected chi connectivity index (χ1v) is 13.0. The maximum absolute atomic E-state index is 14.1. The van der Waals surface area contributed by atoms with Crippen molar-refractivity contribution in [3.8, 4) is 5.82 Å². The molecule has 4 aromatic rings. The third-order valence-corrected chi connectivity index (χ3v) is 6.96. The molecule has 39 heavy (non-hydrogen) atoms. The minimum absolute atomic E-state index is 0.0156. The standard InChI is InChI=1S/C27H28F2N8O2/c28-25(29)26-32-20-6-1-2-7-21(20)37(26)23-16-22(33-27(34-23)35-11-13-39-14-12-35)31-19-8-10-36(17-19)24(38)15-18-5-3-4-9-30-18/h1-7,9,16,19,25H,8,10-15,17H2,(H,31,33,34)/t19-/m0/s1. The second kappa shape index (κ2) is 10.9. The van der Waals surface area contributed by atoms with Gasteiger partial charge in [-0.25, -0.2) is 13.8 Å². The van der Waals surface area contributed by atoms with Gasteiger partial charge in [-0.2, -0.15) is 9.97 Å². The summed E-state index contributed by atoms with van der Waals surface area (Å²) in [6.07, 6.45) is -0.130. The Hall–Kier alpha value is -4.19. The summed E-state index contributed by atoms with van der Waals surface area (Å²) >= 11 is 0. The van der Waals surface area contributed by atoms with E-state index in [9.17, 15) is 13.6 Å². The van der Waals surface area contributed by atoms with E-state index in [-0.39, 0.29) is 24.2 Å². The molecule has 2 saturated heterocycles. The average molecular weight is 535 g/mol. The van der Waals surface area contributed by atoms with E-state index in [1.807, 2.05) is 28.0 Å². The molecule has 1 amide bonds. The van der Waals surface area contributed by atoms with Crippen molar-refractivity contribution in [2.75, 3.05) is 49.6 Å². The number of hydrogen-bond donors (Lipinski definition) is 1. The molecule has 0 spiro atoms. The van der Waals surface area contributed by atoms with Crippen LogP contribution in [0.4, 0.5) is 20.5 Å². The van der Waals surface area contributed by atoms with E-state index >= 15 is 0 Å². The molecule has 6 rings (SSSR count). The zero-order valence-electron chi connectivity index (χ0n) is 21.2. The number of halogens is 2. The number of carbonyl (C=O) groups excluding carboxylic acids is 1. The number of likely N-dealkylation sites (tertiary alicyclic amines) is 1. The van der Waals surface area contributed by atoms with Gasteiger partial charge in [-0.3, -0.25) is 14.3 Å². The number of imidazole rings is 1. The number of carbonyl (C=O) groups is 1. The second-order valence-corrected chi connectivity index (χ2v) is 9.57. The highest BCUT2D eigenvalue weighted by atomic mass is 19.3. The van der Waals surface area contributed by atoms with Gasteiger partial charge in [0.05, 0.1) is 30.7 Å². The fourth-order valence-electron chi connectivity index (χ4n) is 5.03. The zero-order chi connectivity index (χ0) is 26.8. The lowest BCUT2D eigenvalue weighted by Crippen LogP contribution is -2.37. The van der Waals surface area contributed by atoms with Crippen molar-refractivity contribution in [2.24, 2.45) is 0 Å². The quantitative estimate of drug-likeness (QED) is 0.386. The van der Waals surface area contributed by atoms with E-state index in [1.165, 1.54) is 4.57 Å². The average Bonchev–Trinajstić information content (AvgIpc) is 3.59. The van der Waals surface area contributed by atoms with Crippen LogP contribution in [0.3, 0.4) is 0 Å². The number of anilines is 2. The van der Waals surface area contributed by atoms with Gasteiger partial charge in [0, 0.05) is 50.2 Å². The van der Waals surface area contributed by atoms with Crippen molar-refractivity contribution in [3.63, 3.8) is 0 Å². The van der Waals surface area contributed by atoms with Gasteiger partial charge in [-0.1, -0.05) is 18.2 Å². The van der Waals surface area contributed by atoms with Gasteiger partial charge in [0.25, 0.3) is 6.43 Å². The molecule has 0 bridgehead atoms. The van der Waals surface area contributed by atoms with Gasteiger partial charge in [0.2, 0.25) is 11.9 Å². The van der Waals surface area contributed by atoms with Gasteiger partial charge in [-0.15, -0.1) is 0 Å². The van der Waals surface area contributed by atoms with Crippen molar-refractivity contribution in [1.82, 2.24) is 29.4 Å². The first-order valence-electron chi connectivity index (χ1n) is 13.0. The third kappa shape index (κ3) is 5.37. The number of benzene rings is 1. The Morgan fingerprint density at radius 3 is 2.67 bits per heavy atom. The molecule has 202 valence electrons. The number of morpholine rings is 1. The van der Waals surface area contributed by atoms with Crippen molar-refractivity contribution in [2.45, 2.75) is 25.3 Å². The zero-order valence-corrected chi connectivity index (χ0v) is 21.2. The molecule has 2 aliphatic rings. The predicted octanol–water partition coefficient (Wildman–Crippen LogP) is 3.24. The summed E-state index contributed by atoms with van der Waals surface area (Å²) in [5, 5.41) is 3.43. The highest BCUT2D eigenvalue weighted by Gasteiger charge is 2.28. The van der Waals surface area contributed by atoms with Crippen molar-refractivity contribution < 1.29 is 18.3 Å². The molecular formula is C27H28F2N8O2. The summed E-state index contributed by atoms with van der Waals surface area (Å²) in [5.74, 6) is 0.878. The van der Waals surface area contributed by atoms with Crippen LogP contribution in [-0.2, 0) is 16.0 Å². The van der Waals surface area contributed by atoms with Gasteiger partial charge in [-0.05, 0) is 30.7 Å². The molecule has 0 aliphatic carbocycles. The first kappa shape index (κ1) is 25.1. The normalized spacial score (nSPS) is 17.8. The Bertz CT molecular complexity index is 1460. The third-order valence-electron chi connectivity index (χ3n) is 6.96. The van der Waals surface area contributed by atoms with Crippen LogP contribution in [-0.4, -0.2) is 80.7 Å². The molecule has 0 radical (unpaired) electrons. The van der Waals surface area contributed by atoms with Gasteiger partial charge < -0.3 is 19.9 Å². The maximum Gasteiger partial charge on any atom is 0.296 e. The number of fused-ring (bicyclic) bond motifs is 1. The maximum atomic E-state index is 14.1. The summed E-state index contributed by atoms with van der Waals surface area (Å²) in [6.45, 7) is 3.36. The smallest absolute Gasteiger partial charge is 0.296 e. The highest BCUT2D eigenvalue weighted by Crippen LogP contribution is 2.29. The Morgan fingerprint density at radius 1 is 1.05 bits per heavy atom. The van der Waals surface area contributed by atoms with Crippen LogP contribution in [0.15, 0.2) is 54.7 Å². The molecule has 1 atom stereocenters. The summed E-state index contributed by atoms with van der Waals surface area (Å²) in [5.41, 5.74) is 1.74. The fourth-order valence-corrected chi connectivity index (χ4v) is 5.03. The Kier molecular flexibility index (Phi) is 7.01. The minimum Gasteiger partial charge on any atom is -0.378 e. The van der Waals surface area contributed by atoms with Crippen LogP contribution < -0.4 is 10.2 Å². The van der Waals surface area contributed by atoms with Crippen LogP contribution in [0.5, 0.6) is 0 Å². The number of ether oxygens (including phenoxy) is 1. The molecule has 12 heteroatoms. The van der Waals surface area contributed by atoms with E-state index in [1.54, 1.807) is 36.5 Å². The van der Waals surface area contributed by atoms with E-state index in [0.717, 1.165) is 12.1 Å². The first-order chi connectivity index (χ1) is 19.0. The van der Waals surface area contributed by atoms with Crippen molar-refractivity contribution in [1.29, 1.82) is 0 Å². The monoisotopic (exact) mass is 534 g/mol. The molecule has 5 heterocycles. The van der Waals surface area contributed by atoms with Crippen LogP contribution in [0.25, 0.3) is 16.9 Å². The Morgan fingerprint density at radius 2 is 1.87 bits per heavy atom. The van der Waals surface area contributed by atoms with Crippen LogP contribution >= 0.6 is 0 Å². The SMILES string of the molecule is O=C(Cc1ccccn1)N1CC[C@H](Nc2cc(-n3c(C(F)F)nc4ccccc43)nc(N3CCOCC3)n2)C1. The van der Waals surface area contributed by atoms with E-state index < -0.39 is 6.43 Å². The number of amides is 1. The topological polar surface area (TPSA) is 101 Å². The molecule has 1 aromatic carbocycles. The number of aromatic nitrogens is 5. The van der Waals surface area contributed by atoms with Gasteiger partial charge in [0.15, 0.2) is 5.82 Å². The summed E-state index contributed by atoms with van der Waals surface area (Å²) < 4.78 is 35.1. The number of pyridine rings is 1. The molecule has 2 aliphatic heterocycles. The van der Waals surface area contributed by atoms with Crippen molar-refractivity contribution in [3.05, 3.63) is 66.2 Å². The molecule has 10 nitrogen and oxygen atoms in total. The van der Waals surface area contributed by atoms with E-state index in [2.05, 4.69) is 15.3 Å². The molecule has 0 saturated carbocycles. The molecule has 3 aromatic heterocycles. The Labute approximate surface area is 223 Å². The predicted molar refractivity (Wildman–Crippen MR) is 141 cm³/mol. The molecule has 0 unspecified atom stereocenters. The van der Waals surface area contributed by atoms with Crippen LogP contribution in [0.2, 0.25) is 0 Å². The minimum atomic E-state index is -2.79. The number of alkyl halides is 2. The summed E-state index contributed by atoms with van der Waals surface area (Å²) in [6, 6.07) is 14.2. The molecule has 1 N–H and O–H groups in total. The van der Waals surface area contributed by atoms with E-state index in [0.29, 0.717) is 68.0 Å². The number of para-hydroxylation sites is 2. The largest absolute Gasteiger partial charge is 0.378 e. The fraction of sp³-hybridized carbons (Fsp3) is 0.370. The van der Waals surface area contributed by atoms with Crippen molar-refractivity contribution >= 4 is 28.7 Å².